The summed E-state index contributed by atoms with van der Waals surface area (Å²) in [6.07, 6.45) is 4.86. The first-order valence-electron chi connectivity index (χ1n) is 7.26. The van der Waals surface area contributed by atoms with Gasteiger partial charge in [-0.05, 0) is 38.1 Å². The van der Waals surface area contributed by atoms with Crippen LogP contribution in [0.3, 0.4) is 0 Å². The van der Waals surface area contributed by atoms with E-state index in [1.165, 1.54) is 19.3 Å². The van der Waals surface area contributed by atoms with Crippen molar-refractivity contribution in [2.75, 3.05) is 46.7 Å². The first-order chi connectivity index (χ1) is 8.88. The predicted molar refractivity (Wildman–Crippen MR) is 72.9 cm³/mol. The van der Waals surface area contributed by atoms with E-state index in [0.717, 1.165) is 38.7 Å². The van der Waals surface area contributed by atoms with Crippen LogP contribution < -0.4 is 5.32 Å². The first-order valence-corrected chi connectivity index (χ1v) is 7.26. The second kappa shape index (κ2) is 10.7. The number of rotatable bonds is 13. The normalized spacial score (nSPS) is 17.0. The smallest absolute Gasteiger partial charge is 0.0701 e. The van der Waals surface area contributed by atoms with Crippen LogP contribution in [0.25, 0.3) is 0 Å². The molecule has 18 heavy (non-hydrogen) atoms. The van der Waals surface area contributed by atoms with E-state index in [-0.39, 0.29) is 0 Å². The molecule has 1 unspecified atom stereocenters. The molecule has 1 N–H and O–H groups in total. The first kappa shape index (κ1) is 15.9. The highest BCUT2D eigenvalue weighted by Gasteiger charge is 2.30. The lowest BCUT2D eigenvalue weighted by atomic mass is 10.2. The molecule has 1 saturated carbocycles. The maximum atomic E-state index is 5.68. The lowest BCUT2D eigenvalue weighted by Gasteiger charge is -2.18. The molecule has 0 aliphatic heterocycles. The van der Waals surface area contributed by atoms with Crippen LogP contribution in [0, 0.1) is 5.92 Å². The summed E-state index contributed by atoms with van der Waals surface area (Å²) in [6.45, 7) is 7.04. The molecule has 1 rings (SSSR count). The Hall–Kier alpha value is -0.160. The van der Waals surface area contributed by atoms with Gasteiger partial charge in [-0.15, -0.1) is 0 Å². The van der Waals surface area contributed by atoms with Gasteiger partial charge in [-0.2, -0.15) is 0 Å². The highest BCUT2D eigenvalue weighted by Crippen LogP contribution is 2.32. The Morgan fingerprint density at radius 2 is 1.89 bits per heavy atom. The molecule has 1 fully saturated rings. The van der Waals surface area contributed by atoms with Crippen molar-refractivity contribution in [1.82, 2.24) is 5.32 Å². The lowest BCUT2D eigenvalue weighted by Crippen LogP contribution is -2.36. The summed E-state index contributed by atoms with van der Waals surface area (Å²) in [5, 5.41) is 3.57. The third-order valence-corrected chi connectivity index (χ3v) is 3.15. The Morgan fingerprint density at radius 1 is 1.11 bits per heavy atom. The van der Waals surface area contributed by atoms with Crippen molar-refractivity contribution >= 4 is 0 Å². The predicted octanol–water partition coefficient (Wildman–Crippen LogP) is 1.83. The maximum absolute atomic E-state index is 5.68. The Morgan fingerprint density at radius 3 is 2.56 bits per heavy atom. The van der Waals surface area contributed by atoms with E-state index in [9.17, 15) is 0 Å². The van der Waals surface area contributed by atoms with Crippen LogP contribution in [-0.2, 0) is 14.2 Å². The molecule has 1 aliphatic rings. The molecule has 0 amide bonds. The second-order valence-corrected chi connectivity index (χ2v) is 4.93. The number of methoxy groups -OCH3 is 1. The van der Waals surface area contributed by atoms with E-state index in [4.69, 9.17) is 14.2 Å². The molecule has 0 spiro atoms. The topological polar surface area (TPSA) is 39.7 Å². The van der Waals surface area contributed by atoms with Gasteiger partial charge in [0, 0.05) is 26.4 Å². The number of nitrogens with one attached hydrogen (secondary N) is 1. The fourth-order valence-corrected chi connectivity index (χ4v) is 1.93. The highest BCUT2D eigenvalue weighted by atomic mass is 16.5. The van der Waals surface area contributed by atoms with Crippen LogP contribution in [-0.4, -0.2) is 52.7 Å². The van der Waals surface area contributed by atoms with Gasteiger partial charge in [0.1, 0.15) is 0 Å². The van der Waals surface area contributed by atoms with Gasteiger partial charge in [-0.3, -0.25) is 0 Å². The van der Waals surface area contributed by atoms with Crippen molar-refractivity contribution in [3.8, 4) is 0 Å². The van der Waals surface area contributed by atoms with Crippen molar-refractivity contribution in [3.63, 3.8) is 0 Å². The molecule has 0 bridgehead atoms. The average Bonchev–Trinajstić information content (AvgIpc) is 3.20. The van der Waals surface area contributed by atoms with Gasteiger partial charge < -0.3 is 19.5 Å². The zero-order valence-corrected chi connectivity index (χ0v) is 12.0. The molecule has 0 aromatic rings. The van der Waals surface area contributed by atoms with E-state index >= 15 is 0 Å². The van der Waals surface area contributed by atoms with E-state index in [0.29, 0.717) is 19.3 Å². The van der Waals surface area contributed by atoms with Crippen molar-refractivity contribution in [1.29, 1.82) is 0 Å². The van der Waals surface area contributed by atoms with Crippen LogP contribution in [0.1, 0.15) is 32.6 Å². The second-order valence-electron chi connectivity index (χ2n) is 4.93. The van der Waals surface area contributed by atoms with E-state index in [2.05, 4.69) is 12.2 Å². The monoisotopic (exact) mass is 259 g/mol. The fraction of sp³-hybridized carbons (Fsp3) is 1.00. The molecule has 0 heterocycles. The Bertz CT molecular complexity index is 186. The summed E-state index contributed by atoms with van der Waals surface area (Å²) < 4.78 is 16.1. The number of hydrogen-bond donors (Lipinski definition) is 1. The van der Waals surface area contributed by atoms with Crippen LogP contribution in [0.4, 0.5) is 0 Å². The molecule has 4 nitrogen and oxygen atoms in total. The van der Waals surface area contributed by atoms with Crippen LogP contribution >= 0.6 is 0 Å². The lowest BCUT2D eigenvalue weighted by molar-refractivity contribution is 0.0306. The van der Waals surface area contributed by atoms with Crippen LogP contribution in [0.2, 0.25) is 0 Å². The zero-order chi connectivity index (χ0) is 13.1. The minimum absolute atomic E-state index is 0.554. The molecular formula is C14H29NO3. The summed E-state index contributed by atoms with van der Waals surface area (Å²) >= 11 is 0. The molecule has 0 radical (unpaired) electrons. The Balaban J connectivity index is 1.88. The van der Waals surface area contributed by atoms with Crippen molar-refractivity contribution in [2.45, 2.75) is 38.6 Å². The molecule has 0 aromatic heterocycles. The quantitative estimate of drug-likeness (QED) is 0.512. The zero-order valence-electron chi connectivity index (χ0n) is 12.0. The molecular weight excluding hydrogens is 230 g/mol. The third kappa shape index (κ3) is 8.03. The van der Waals surface area contributed by atoms with Gasteiger partial charge in [0.2, 0.25) is 0 Å². The van der Waals surface area contributed by atoms with Gasteiger partial charge in [0.05, 0.1) is 19.8 Å². The average molecular weight is 259 g/mol. The summed E-state index contributed by atoms with van der Waals surface area (Å²) in [7, 11) is 1.71. The molecule has 0 aromatic carbocycles. The van der Waals surface area contributed by atoms with Gasteiger partial charge in [-0.25, -0.2) is 0 Å². The largest absolute Gasteiger partial charge is 0.385 e. The van der Waals surface area contributed by atoms with Gasteiger partial charge in [-0.1, -0.05) is 6.92 Å². The van der Waals surface area contributed by atoms with Crippen LogP contribution in [0.15, 0.2) is 0 Å². The number of ether oxygens (including phenoxy) is 3. The van der Waals surface area contributed by atoms with E-state index < -0.39 is 0 Å². The summed E-state index contributed by atoms with van der Waals surface area (Å²) in [4.78, 5) is 0. The van der Waals surface area contributed by atoms with E-state index in [1.54, 1.807) is 7.11 Å². The fourth-order valence-electron chi connectivity index (χ4n) is 1.93. The van der Waals surface area contributed by atoms with Crippen molar-refractivity contribution in [3.05, 3.63) is 0 Å². The third-order valence-electron chi connectivity index (χ3n) is 3.15. The van der Waals surface area contributed by atoms with Crippen LogP contribution in [0.5, 0.6) is 0 Å². The minimum atomic E-state index is 0.554. The minimum Gasteiger partial charge on any atom is -0.385 e. The molecule has 108 valence electrons. The Kier molecular flexibility index (Phi) is 9.48. The SMILES string of the molecule is CCCNC(COCCOCCCOC)C1CC1. The molecule has 1 atom stereocenters. The standard InChI is InChI=1S/C14H29NO3/c1-3-7-15-14(13-5-6-13)12-18-11-10-17-9-4-8-16-2/h13-15H,3-12H2,1-2H3. The van der Waals surface area contributed by atoms with E-state index in [1.807, 2.05) is 0 Å². The maximum Gasteiger partial charge on any atom is 0.0701 e. The molecule has 0 saturated heterocycles. The summed E-state index contributed by atoms with van der Waals surface area (Å²) in [5.41, 5.74) is 0. The summed E-state index contributed by atoms with van der Waals surface area (Å²) in [5.74, 6) is 0.846. The highest BCUT2D eigenvalue weighted by molar-refractivity contribution is 4.86. The molecule has 1 aliphatic carbocycles. The van der Waals surface area contributed by atoms with Gasteiger partial charge >= 0.3 is 0 Å². The summed E-state index contributed by atoms with van der Waals surface area (Å²) in [6, 6.07) is 0.554. The Labute approximate surface area is 111 Å². The van der Waals surface area contributed by atoms with Crippen molar-refractivity contribution < 1.29 is 14.2 Å². The molecule has 4 heteroatoms. The number of hydrogen-bond acceptors (Lipinski definition) is 4. The van der Waals surface area contributed by atoms with Gasteiger partial charge in [0.25, 0.3) is 0 Å². The van der Waals surface area contributed by atoms with Gasteiger partial charge in [0.15, 0.2) is 0 Å². The van der Waals surface area contributed by atoms with Crippen molar-refractivity contribution in [2.24, 2.45) is 5.92 Å².